The van der Waals surface area contributed by atoms with Crippen LogP contribution in [0.3, 0.4) is 0 Å². The Kier molecular flexibility index (Phi) is 6.19. The Hall–Kier alpha value is -1.71. The summed E-state index contributed by atoms with van der Waals surface area (Å²) in [6.07, 6.45) is 1.47. The van der Waals surface area contributed by atoms with E-state index in [9.17, 15) is 10.4 Å². The number of hydrogen-bond acceptors (Lipinski definition) is 6. The van der Waals surface area contributed by atoms with Gasteiger partial charge in [0.05, 0.1) is 24.9 Å². The molecule has 0 radical (unpaired) electrons. The van der Waals surface area contributed by atoms with Crippen molar-refractivity contribution in [3.8, 4) is 6.07 Å². The summed E-state index contributed by atoms with van der Waals surface area (Å²) in [7, 11) is 1.55. The highest BCUT2D eigenvalue weighted by Gasteiger charge is 2.17. The maximum absolute atomic E-state index is 9.31. The van der Waals surface area contributed by atoms with Gasteiger partial charge in [0, 0.05) is 7.11 Å². The molecule has 104 valence electrons. The van der Waals surface area contributed by atoms with Crippen molar-refractivity contribution >= 4 is 5.82 Å². The Morgan fingerprint density at radius 3 is 2.58 bits per heavy atom. The van der Waals surface area contributed by atoms with Gasteiger partial charge < -0.3 is 15.2 Å². The van der Waals surface area contributed by atoms with E-state index < -0.39 is 0 Å². The lowest BCUT2D eigenvalue weighted by Gasteiger charge is -2.18. The van der Waals surface area contributed by atoms with E-state index in [1.54, 1.807) is 7.11 Å². The third kappa shape index (κ3) is 3.63. The van der Waals surface area contributed by atoms with Crippen LogP contribution in [0.2, 0.25) is 0 Å². The normalized spacial score (nSPS) is 11.9. The molecule has 1 rings (SSSR count). The number of aryl methyl sites for hydroxylation is 1. The lowest BCUT2D eigenvalue weighted by molar-refractivity contribution is 0.153. The molecule has 0 saturated carbocycles. The molecular formula is C13H20N4O2. The number of nitrogens with one attached hydrogen (secondary N) is 1. The van der Waals surface area contributed by atoms with Crippen molar-refractivity contribution in [3.63, 3.8) is 0 Å². The van der Waals surface area contributed by atoms with Crippen LogP contribution in [0.4, 0.5) is 5.82 Å². The minimum absolute atomic E-state index is 0.0998. The number of nitrogens with zero attached hydrogens (tertiary/aromatic N) is 3. The Morgan fingerprint density at radius 2 is 2.11 bits per heavy atom. The number of hydrogen-bond donors (Lipinski definition) is 2. The van der Waals surface area contributed by atoms with E-state index in [1.165, 1.54) is 0 Å². The first kappa shape index (κ1) is 15.3. The number of ether oxygens (including phenoxy) is 1. The first-order valence-corrected chi connectivity index (χ1v) is 6.36. The van der Waals surface area contributed by atoms with Crippen molar-refractivity contribution in [1.29, 1.82) is 5.26 Å². The number of aliphatic hydroxyl groups excluding tert-OH is 1. The molecule has 0 aromatic carbocycles. The highest BCUT2D eigenvalue weighted by molar-refractivity contribution is 5.56. The first-order chi connectivity index (χ1) is 9.21. The molecule has 19 heavy (non-hydrogen) atoms. The summed E-state index contributed by atoms with van der Waals surface area (Å²) >= 11 is 0. The molecular weight excluding hydrogens is 244 g/mol. The number of aromatic nitrogens is 2. The molecule has 0 aliphatic rings. The predicted octanol–water partition coefficient (Wildman–Crippen LogP) is 0.892. The maximum atomic E-state index is 9.31. The minimum Gasteiger partial charge on any atom is -0.394 e. The summed E-state index contributed by atoms with van der Waals surface area (Å²) in [6.45, 7) is 4.20. The van der Waals surface area contributed by atoms with Crippen molar-refractivity contribution in [3.05, 3.63) is 16.8 Å². The van der Waals surface area contributed by atoms with Gasteiger partial charge >= 0.3 is 0 Å². The Bertz CT molecular complexity index is 457. The highest BCUT2D eigenvalue weighted by Crippen LogP contribution is 2.20. The van der Waals surface area contributed by atoms with Gasteiger partial charge in [-0.25, -0.2) is 0 Å². The molecule has 1 aromatic heterocycles. The van der Waals surface area contributed by atoms with Crippen molar-refractivity contribution in [2.24, 2.45) is 0 Å². The van der Waals surface area contributed by atoms with Crippen LogP contribution in [0.5, 0.6) is 0 Å². The minimum atomic E-state index is -0.302. The van der Waals surface area contributed by atoms with Gasteiger partial charge in [-0.3, -0.25) is 0 Å². The van der Waals surface area contributed by atoms with Crippen LogP contribution in [0.15, 0.2) is 0 Å². The van der Waals surface area contributed by atoms with Crippen LogP contribution in [0.1, 0.15) is 30.7 Å². The van der Waals surface area contributed by atoms with Gasteiger partial charge in [0.2, 0.25) is 0 Å². The van der Waals surface area contributed by atoms with Crippen LogP contribution >= 0.6 is 0 Å². The fourth-order valence-corrected chi connectivity index (χ4v) is 1.93. The molecule has 1 aromatic rings. The fourth-order valence-electron chi connectivity index (χ4n) is 1.93. The van der Waals surface area contributed by atoms with Crippen LogP contribution < -0.4 is 5.32 Å². The van der Waals surface area contributed by atoms with E-state index in [4.69, 9.17) is 4.74 Å². The Labute approximate surface area is 113 Å². The lowest BCUT2D eigenvalue weighted by atomic mass is 10.0. The fraction of sp³-hybridized carbons (Fsp3) is 0.615. The van der Waals surface area contributed by atoms with Crippen LogP contribution in [-0.4, -0.2) is 41.7 Å². The molecule has 6 heteroatoms. The molecule has 0 bridgehead atoms. The summed E-state index contributed by atoms with van der Waals surface area (Å²) in [4.78, 5) is 0. The second kappa shape index (κ2) is 7.67. The molecule has 1 unspecified atom stereocenters. The summed E-state index contributed by atoms with van der Waals surface area (Å²) in [5.74, 6) is 0.410. The van der Waals surface area contributed by atoms with E-state index in [0.29, 0.717) is 18.0 Å². The average molecular weight is 264 g/mol. The molecule has 1 heterocycles. The van der Waals surface area contributed by atoms with Gasteiger partial charge in [0.15, 0.2) is 5.82 Å². The van der Waals surface area contributed by atoms with Crippen LogP contribution in [-0.2, 0) is 17.6 Å². The molecule has 2 N–H and O–H groups in total. The second-order valence-corrected chi connectivity index (χ2v) is 4.15. The standard InChI is InChI=1S/C13H20N4O2/c1-4-10-11(6-14)13(17-16-12(10)5-2)15-9(7-18)8-19-3/h9,18H,4-5,7-8H2,1-3H3,(H,15,17). The van der Waals surface area contributed by atoms with Crippen LogP contribution in [0, 0.1) is 11.3 Å². The summed E-state index contributed by atoms with van der Waals surface area (Å²) in [5, 5.41) is 29.7. The largest absolute Gasteiger partial charge is 0.394 e. The second-order valence-electron chi connectivity index (χ2n) is 4.15. The smallest absolute Gasteiger partial charge is 0.167 e. The van der Waals surface area contributed by atoms with Gasteiger partial charge in [-0.1, -0.05) is 13.8 Å². The average Bonchev–Trinajstić information content (AvgIpc) is 2.45. The van der Waals surface area contributed by atoms with Gasteiger partial charge in [-0.2, -0.15) is 10.4 Å². The summed E-state index contributed by atoms with van der Waals surface area (Å²) < 4.78 is 4.99. The van der Waals surface area contributed by atoms with E-state index in [1.807, 2.05) is 13.8 Å². The van der Waals surface area contributed by atoms with Gasteiger partial charge in [0.25, 0.3) is 0 Å². The van der Waals surface area contributed by atoms with E-state index >= 15 is 0 Å². The highest BCUT2D eigenvalue weighted by atomic mass is 16.5. The predicted molar refractivity (Wildman–Crippen MR) is 71.9 cm³/mol. The zero-order valence-corrected chi connectivity index (χ0v) is 11.6. The van der Waals surface area contributed by atoms with E-state index in [-0.39, 0.29) is 12.6 Å². The number of nitriles is 1. The molecule has 0 fully saturated rings. The van der Waals surface area contributed by atoms with Crippen molar-refractivity contribution < 1.29 is 9.84 Å². The Morgan fingerprint density at radius 1 is 1.37 bits per heavy atom. The van der Waals surface area contributed by atoms with E-state index in [0.717, 1.165) is 24.1 Å². The molecule has 1 atom stereocenters. The van der Waals surface area contributed by atoms with Crippen molar-refractivity contribution in [2.75, 3.05) is 25.6 Å². The van der Waals surface area contributed by atoms with Gasteiger partial charge in [-0.15, -0.1) is 5.10 Å². The molecule has 0 saturated heterocycles. The third-order valence-electron chi connectivity index (χ3n) is 2.89. The van der Waals surface area contributed by atoms with Gasteiger partial charge in [-0.05, 0) is 18.4 Å². The van der Waals surface area contributed by atoms with E-state index in [2.05, 4.69) is 21.6 Å². The third-order valence-corrected chi connectivity index (χ3v) is 2.89. The molecule has 0 aliphatic heterocycles. The molecule has 0 spiro atoms. The molecule has 6 nitrogen and oxygen atoms in total. The lowest BCUT2D eigenvalue weighted by Crippen LogP contribution is -2.30. The first-order valence-electron chi connectivity index (χ1n) is 6.36. The SMILES string of the molecule is CCc1nnc(NC(CO)COC)c(C#N)c1CC. The van der Waals surface area contributed by atoms with Gasteiger partial charge in [0.1, 0.15) is 11.6 Å². The quantitative estimate of drug-likeness (QED) is 0.760. The maximum Gasteiger partial charge on any atom is 0.167 e. The topological polar surface area (TPSA) is 91.1 Å². The van der Waals surface area contributed by atoms with Crippen molar-refractivity contribution in [1.82, 2.24) is 10.2 Å². The zero-order chi connectivity index (χ0) is 14.3. The summed E-state index contributed by atoms with van der Waals surface area (Å²) in [5.41, 5.74) is 2.26. The zero-order valence-electron chi connectivity index (χ0n) is 11.6. The number of aliphatic hydroxyl groups is 1. The number of rotatable bonds is 7. The van der Waals surface area contributed by atoms with Crippen LogP contribution in [0.25, 0.3) is 0 Å². The molecule has 0 aliphatic carbocycles. The monoisotopic (exact) mass is 264 g/mol. The van der Waals surface area contributed by atoms with Crippen molar-refractivity contribution in [2.45, 2.75) is 32.7 Å². The summed E-state index contributed by atoms with van der Waals surface area (Å²) in [6, 6.07) is 1.87. The number of anilines is 1. The Balaban J connectivity index is 3.11. The molecule has 0 amide bonds. The number of methoxy groups -OCH3 is 1.